The third-order valence-corrected chi connectivity index (χ3v) is 7.66. The van der Waals surface area contributed by atoms with E-state index in [2.05, 4.69) is 24.5 Å². The molecule has 10 heteroatoms. The molecule has 3 aromatic rings. The van der Waals surface area contributed by atoms with Crippen molar-refractivity contribution in [1.82, 2.24) is 20.1 Å². The lowest BCUT2D eigenvalue weighted by Gasteiger charge is -2.35. The Morgan fingerprint density at radius 3 is 2.37 bits per heavy atom. The molecule has 2 heterocycles. The van der Waals surface area contributed by atoms with Gasteiger partial charge in [0.15, 0.2) is 0 Å². The van der Waals surface area contributed by atoms with Crippen LogP contribution in [0, 0.1) is 0 Å². The SMILES string of the molecule is CCC(CC)N1CCn2c(C(=O)N[C@@H](Cc3ccccc3)[C@H](O)CNCc3cccc(C(F)(F)F)c3)ccc2C1=O. The monoisotopic (exact) mass is 570 g/mol. The molecule has 2 atom stereocenters. The first-order chi connectivity index (χ1) is 19.6. The lowest BCUT2D eigenvalue weighted by molar-refractivity contribution is -0.137. The summed E-state index contributed by atoms with van der Waals surface area (Å²) in [5, 5.41) is 17.0. The van der Waals surface area contributed by atoms with Crippen molar-refractivity contribution in [1.29, 1.82) is 0 Å². The lowest BCUT2D eigenvalue weighted by atomic mass is 10.0. The molecular formula is C31H37F3N4O3. The largest absolute Gasteiger partial charge is 0.416 e. The summed E-state index contributed by atoms with van der Waals surface area (Å²) in [6.07, 6.45) is -3.41. The Kier molecular flexibility index (Phi) is 9.88. The van der Waals surface area contributed by atoms with Crippen molar-refractivity contribution in [2.75, 3.05) is 13.1 Å². The first-order valence-electron chi connectivity index (χ1n) is 14.0. The molecule has 7 nitrogen and oxygen atoms in total. The maximum Gasteiger partial charge on any atom is 0.416 e. The van der Waals surface area contributed by atoms with Gasteiger partial charge < -0.3 is 25.2 Å². The Balaban J connectivity index is 1.45. The van der Waals surface area contributed by atoms with E-state index in [0.29, 0.717) is 36.5 Å². The van der Waals surface area contributed by atoms with Crippen LogP contribution in [0.3, 0.4) is 0 Å². The molecule has 0 aliphatic carbocycles. The summed E-state index contributed by atoms with van der Waals surface area (Å²) in [7, 11) is 0. The van der Waals surface area contributed by atoms with Gasteiger partial charge in [0, 0.05) is 32.2 Å². The van der Waals surface area contributed by atoms with Crippen molar-refractivity contribution in [3.05, 3.63) is 94.8 Å². The number of aromatic nitrogens is 1. The van der Waals surface area contributed by atoms with Crippen LogP contribution in [0.2, 0.25) is 0 Å². The highest BCUT2D eigenvalue weighted by molar-refractivity contribution is 5.99. The van der Waals surface area contributed by atoms with Gasteiger partial charge in [0.1, 0.15) is 11.4 Å². The molecule has 0 spiro atoms. The number of hydrogen-bond acceptors (Lipinski definition) is 4. The van der Waals surface area contributed by atoms with Crippen molar-refractivity contribution >= 4 is 11.8 Å². The van der Waals surface area contributed by atoms with Gasteiger partial charge in [-0.05, 0) is 48.6 Å². The van der Waals surface area contributed by atoms with Gasteiger partial charge >= 0.3 is 6.18 Å². The Morgan fingerprint density at radius 2 is 1.68 bits per heavy atom. The summed E-state index contributed by atoms with van der Waals surface area (Å²) in [6, 6.07) is 17.2. The maximum absolute atomic E-state index is 13.4. The fourth-order valence-corrected chi connectivity index (χ4v) is 5.39. The first kappa shape index (κ1) is 30.3. The molecule has 0 radical (unpaired) electrons. The van der Waals surface area contributed by atoms with E-state index in [1.165, 1.54) is 6.07 Å². The minimum Gasteiger partial charge on any atom is -0.390 e. The average Bonchev–Trinajstić information content (AvgIpc) is 3.40. The van der Waals surface area contributed by atoms with E-state index in [9.17, 15) is 27.9 Å². The zero-order valence-corrected chi connectivity index (χ0v) is 23.3. The molecule has 2 amide bonds. The predicted molar refractivity (Wildman–Crippen MR) is 150 cm³/mol. The van der Waals surface area contributed by atoms with Crippen LogP contribution >= 0.6 is 0 Å². The Hall–Kier alpha value is -3.63. The van der Waals surface area contributed by atoms with Crippen LogP contribution in [0.5, 0.6) is 0 Å². The van der Waals surface area contributed by atoms with E-state index in [4.69, 9.17) is 0 Å². The van der Waals surface area contributed by atoms with Crippen molar-refractivity contribution in [2.45, 2.75) is 70.6 Å². The molecule has 1 aliphatic heterocycles. The van der Waals surface area contributed by atoms with E-state index < -0.39 is 29.8 Å². The predicted octanol–water partition coefficient (Wildman–Crippen LogP) is 4.64. The summed E-state index contributed by atoms with van der Waals surface area (Å²) >= 11 is 0. The highest BCUT2D eigenvalue weighted by Crippen LogP contribution is 2.29. The van der Waals surface area contributed by atoms with Gasteiger partial charge in [-0.2, -0.15) is 13.2 Å². The molecule has 0 bridgehead atoms. The molecule has 3 N–H and O–H groups in total. The number of carbonyl (C=O) groups is 2. The molecule has 41 heavy (non-hydrogen) atoms. The Bertz CT molecular complexity index is 1320. The summed E-state index contributed by atoms with van der Waals surface area (Å²) in [4.78, 5) is 28.5. The van der Waals surface area contributed by atoms with Gasteiger partial charge in [0.2, 0.25) is 0 Å². The number of aliphatic hydroxyl groups is 1. The number of halogens is 3. The molecule has 220 valence electrons. The van der Waals surface area contributed by atoms with Crippen molar-refractivity contribution in [3.63, 3.8) is 0 Å². The number of carbonyl (C=O) groups excluding carboxylic acids is 2. The number of fused-ring (bicyclic) bond motifs is 1. The molecule has 0 saturated carbocycles. The maximum atomic E-state index is 13.4. The standard InChI is InChI=1S/C31H37F3N4O3/c1-3-24(4-2)37-15-16-38-26(13-14-27(38)30(37)41)29(40)36-25(18-21-9-6-5-7-10-21)28(39)20-35-19-22-11-8-12-23(17-22)31(32,33)34/h5-14,17,24-25,28,35,39H,3-4,15-16,18-20H2,1-2H3,(H,36,40)/t25-,28+/m0/s1. The normalized spacial score (nSPS) is 15.1. The van der Waals surface area contributed by atoms with Gasteiger partial charge in [-0.15, -0.1) is 0 Å². The molecule has 0 unspecified atom stereocenters. The number of rotatable bonds is 12. The van der Waals surface area contributed by atoms with E-state index >= 15 is 0 Å². The fraction of sp³-hybridized carbons (Fsp3) is 0.419. The van der Waals surface area contributed by atoms with Gasteiger partial charge in [0.05, 0.1) is 17.7 Å². The van der Waals surface area contributed by atoms with Crippen LogP contribution < -0.4 is 10.6 Å². The van der Waals surface area contributed by atoms with Gasteiger partial charge in [-0.3, -0.25) is 9.59 Å². The Labute approximate surface area is 238 Å². The van der Waals surface area contributed by atoms with E-state index in [0.717, 1.165) is 30.5 Å². The average molecular weight is 571 g/mol. The van der Waals surface area contributed by atoms with Crippen LogP contribution in [0.15, 0.2) is 66.7 Å². The summed E-state index contributed by atoms with van der Waals surface area (Å²) in [5.74, 6) is -0.499. The highest BCUT2D eigenvalue weighted by Gasteiger charge is 2.32. The third kappa shape index (κ3) is 7.37. The zero-order chi connectivity index (χ0) is 29.6. The molecule has 1 aromatic heterocycles. The number of hydrogen-bond donors (Lipinski definition) is 3. The fourth-order valence-electron chi connectivity index (χ4n) is 5.39. The van der Waals surface area contributed by atoms with Crippen molar-refractivity contribution < 1.29 is 27.9 Å². The topological polar surface area (TPSA) is 86.6 Å². The van der Waals surface area contributed by atoms with Gasteiger partial charge in [-0.1, -0.05) is 62.4 Å². The first-order valence-corrected chi connectivity index (χ1v) is 14.0. The van der Waals surface area contributed by atoms with Crippen molar-refractivity contribution in [2.24, 2.45) is 0 Å². The van der Waals surface area contributed by atoms with Crippen LogP contribution in [0.4, 0.5) is 13.2 Å². The summed E-state index contributed by atoms with van der Waals surface area (Å²) in [5.41, 5.74) is 1.42. The summed E-state index contributed by atoms with van der Waals surface area (Å²) < 4.78 is 40.9. The zero-order valence-electron chi connectivity index (χ0n) is 23.3. The van der Waals surface area contributed by atoms with E-state index in [1.807, 2.05) is 35.2 Å². The minimum atomic E-state index is -4.44. The number of alkyl halides is 3. The number of aliphatic hydroxyl groups excluding tert-OH is 1. The number of nitrogens with zero attached hydrogens (tertiary/aromatic N) is 2. The number of amides is 2. The lowest BCUT2D eigenvalue weighted by Crippen LogP contribution is -2.50. The number of nitrogens with one attached hydrogen (secondary N) is 2. The second kappa shape index (κ2) is 13.4. The smallest absolute Gasteiger partial charge is 0.390 e. The quantitative estimate of drug-likeness (QED) is 0.296. The van der Waals surface area contributed by atoms with Crippen LogP contribution in [0.1, 0.15) is 64.4 Å². The molecule has 0 fully saturated rings. The second-order valence-electron chi connectivity index (χ2n) is 10.4. The molecule has 2 aromatic carbocycles. The Morgan fingerprint density at radius 1 is 0.976 bits per heavy atom. The van der Waals surface area contributed by atoms with Gasteiger partial charge in [-0.25, -0.2) is 0 Å². The molecular weight excluding hydrogens is 533 g/mol. The third-order valence-electron chi connectivity index (χ3n) is 7.66. The molecule has 1 aliphatic rings. The highest BCUT2D eigenvalue weighted by atomic mass is 19.4. The summed E-state index contributed by atoms with van der Waals surface area (Å²) in [6.45, 7) is 5.29. The van der Waals surface area contributed by atoms with Gasteiger partial charge in [0.25, 0.3) is 11.8 Å². The van der Waals surface area contributed by atoms with E-state index in [-0.39, 0.29) is 25.0 Å². The molecule has 0 saturated heterocycles. The molecule has 4 rings (SSSR count). The number of benzene rings is 2. The van der Waals surface area contributed by atoms with Crippen LogP contribution in [0.25, 0.3) is 0 Å². The van der Waals surface area contributed by atoms with Crippen LogP contribution in [-0.4, -0.2) is 57.7 Å². The van der Waals surface area contributed by atoms with Crippen LogP contribution in [-0.2, 0) is 25.7 Å². The second-order valence-corrected chi connectivity index (χ2v) is 10.4. The minimum absolute atomic E-state index is 0.0448. The van der Waals surface area contributed by atoms with Crippen molar-refractivity contribution in [3.8, 4) is 0 Å². The van der Waals surface area contributed by atoms with E-state index in [1.54, 1.807) is 22.8 Å².